The van der Waals surface area contributed by atoms with E-state index in [2.05, 4.69) is 213 Å². The second-order valence-electron chi connectivity index (χ2n) is 16.6. The Morgan fingerprint density at radius 2 is 1.00 bits per heavy atom. The number of aromatic nitrogens is 3. The van der Waals surface area contributed by atoms with Gasteiger partial charge in [-0.1, -0.05) is 159 Å². The molecule has 11 aromatic rings. The minimum absolute atomic E-state index is 0.147. The van der Waals surface area contributed by atoms with Crippen LogP contribution in [0.3, 0.4) is 0 Å². The zero-order valence-electron chi connectivity index (χ0n) is 33.4. The van der Waals surface area contributed by atoms with Gasteiger partial charge in [-0.25, -0.2) is 9.97 Å². The second-order valence-corrected chi connectivity index (χ2v) is 16.6. The smallest absolute Gasteiger partial charge is 0.160 e. The number of hydrogen-bond acceptors (Lipinski definition) is 2. The Balaban J connectivity index is 0.979. The van der Waals surface area contributed by atoms with Crippen LogP contribution in [-0.4, -0.2) is 14.5 Å². The maximum absolute atomic E-state index is 5.32. The first kappa shape index (κ1) is 34.4. The standard InChI is InChI=1S/C57H39N3/c1-57(2)49-22-13-21-47(55(49)48-32-37-16-9-10-17-38(37)33-50(48)57)52-35-51(58-56(59-52)36-14-5-3-6-15-36)43-27-26-39-30-40(24-25-41(39)31-43)42-28-29-46-45-20-11-12-23-53(45)60(54(46)34-42)44-18-7-4-8-19-44/h3-35H,1-2H3. The Bertz CT molecular complexity index is 3500. The fourth-order valence-corrected chi connectivity index (χ4v) is 9.73. The molecule has 3 nitrogen and oxygen atoms in total. The number of hydrogen-bond donors (Lipinski definition) is 0. The van der Waals surface area contributed by atoms with E-state index in [1.165, 1.54) is 76.7 Å². The molecule has 3 heteroatoms. The highest BCUT2D eigenvalue weighted by Crippen LogP contribution is 2.53. The third-order valence-electron chi connectivity index (χ3n) is 12.8. The van der Waals surface area contributed by atoms with Gasteiger partial charge in [-0.2, -0.15) is 0 Å². The Hall–Kier alpha value is -7.62. The molecule has 2 heterocycles. The van der Waals surface area contributed by atoms with Crippen LogP contribution in [0.25, 0.3) is 105 Å². The van der Waals surface area contributed by atoms with E-state index >= 15 is 0 Å². The monoisotopic (exact) mass is 765 g/mol. The van der Waals surface area contributed by atoms with Crippen LogP contribution in [0.5, 0.6) is 0 Å². The molecule has 0 spiro atoms. The van der Waals surface area contributed by atoms with Gasteiger partial charge in [-0.05, 0) is 110 Å². The summed E-state index contributed by atoms with van der Waals surface area (Å²) < 4.78 is 2.38. The molecule has 2 aromatic heterocycles. The van der Waals surface area contributed by atoms with Crippen molar-refractivity contribution in [3.05, 3.63) is 211 Å². The van der Waals surface area contributed by atoms with Crippen LogP contribution in [0.2, 0.25) is 0 Å². The molecule has 60 heavy (non-hydrogen) atoms. The number of benzene rings is 9. The van der Waals surface area contributed by atoms with Gasteiger partial charge in [0.05, 0.1) is 22.4 Å². The van der Waals surface area contributed by atoms with Gasteiger partial charge in [0.2, 0.25) is 0 Å². The average Bonchev–Trinajstić information content (AvgIpc) is 3.75. The lowest BCUT2D eigenvalue weighted by Gasteiger charge is -2.22. The summed E-state index contributed by atoms with van der Waals surface area (Å²) in [6.07, 6.45) is 0. The third-order valence-corrected chi connectivity index (χ3v) is 12.8. The summed E-state index contributed by atoms with van der Waals surface area (Å²) in [6, 6.07) is 72.5. The lowest BCUT2D eigenvalue weighted by Crippen LogP contribution is -2.14. The summed E-state index contributed by atoms with van der Waals surface area (Å²) in [5, 5.41) is 7.38. The molecule has 1 aliphatic rings. The van der Waals surface area contributed by atoms with Crippen molar-refractivity contribution in [3.63, 3.8) is 0 Å². The Kier molecular flexibility index (Phi) is 7.58. The largest absolute Gasteiger partial charge is 0.309 e. The van der Waals surface area contributed by atoms with E-state index in [0.29, 0.717) is 0 Å². The molecular formula is C57H39N3. The summed E-state index contributed by atoms with van der Waals surface area (Å²) in [5.74, 6) is 0.718. The fourth-order valence-electron chi connectivity index (χ4n) is 9.73. The molecule has 9 aromatic carbocycles. The molecule has 0 amide bonds. The molecule has 12 rings (SSSR count). The molecule has 0 bridgehead atoms. The van der Waals surface area contributed by atoms with Crippen LogP contribution in [-0.2, 0) is 5.41 Å². The predicted octanol–water partition coefficient (Wildman–Crippen LogP) is 14.9. The molecule has 282 valence electrons. The van der Waals surface area contributed by atoms with Gasteiger partial charge < -0.3 is 4.57 Å². The quantitative estimate of drug-likeness (QED) is 0.175. The molecule has 0 saturated carbocycles. The molecule has 0 fully saturated rings. The predicted molar refractivity (Wildman–Crippen MR) is 251 cm³/mol. The zero-order chi connectivity index (χ0) is 40.0. The van der Waals surface area contributed by atoms with E-state index in [4.69, 9.17) is 9.97 Å². The van der Waals surface area contributed by atoms with Crippen LogP contribution < -0.4 is 0 Å². The van der Waals surface area contributed by atoms with Gasteiger partial charge in [-0.3, -0.25) is 0 Å². The van der Waals surface area contributed by atoms with Crippen molar-refractivity contribution in [2.75, 3.05) is 0 Å². The highest BCUT2D eigenvalue weighted by Gasteiger charge is 2.37. The molecular weight excluding hydrogens is 727 g/mol. The van der Waals surface area contributed by atoms with Crippen molar-refractivity contribution >= 4 is 43.4 Å². The summed E-state index contributed by atoms with van der Waals surface area (Å²) in [7, 11) is 0. The Morgan fingerprint density at radius 1 is 0.383 bits per heavy atom. The minimum Gasteiger partial charge on any atom is -0.309 e. The van der Waals surface area contributed by atoms with E-state index in [9.17, 15) is 0 Å². The average molecular weight is 766 g/mol. The van der Waals surface area contributed by atoms with Gasteiger partial charge in [0, 0.05) is 38.6 Å². The maximum atomic E-state index is 5.32. The van der Waals surface area contributed by atoms with Gasteiger partial charge in [-0.15, -0.1) is 0 Å². The fraction of sp³-hybridized carbons (Fsp3) is 0.0526. The van der Waals surface area contributed by atoms with Crippen LogP contribution >= 0.6 is 0 Å². The lowest BCUT2D eigenvalue weighted by molar-refractivity contribution is 0.661. The lowest BCUT2D eigenvalue weighted by atomic mass is 9.81. The highest BCUT2D eigenvalue weighted by molar-refractivity contribution is 6.10. The Morgan fingerprint density at radius 3 is 1.82 bits per heavy atom. The van der Waals surface area contributed by atoms with Gasteiger partial charge in [0.15, 0.2) is 5.82 Å². The molecule has 0 radical (unpaired) electrons. The van der Waals surface area contributed by atoms with Gasteiger partial charge >= 0.3 is 0 Å². The van der Waals surface area contributed by atoms with Crippen LogP contribution in [0.4, 0.5) is 0 Å². The molecule has 0 unspecified atom stereocenters. The molecule has 1 aliphatic carbocycles. The van der Waals surface area contributed by atoms with Crippen molar-refractivity contribution < 1.29 is 0 Å². The highest BCUT2D eigenvalue weighted by atomic mass is 15.0. The number of para-hydroxylation sites is 2. The van der Waals surface area contributed by atoms with E-state index < -0.39 is 0 Å². The molecule has 0 atom stereocenters. The van der Waals surface area contributed by atoms with Gasteiger partial charge in [0.25, 0.3) is 0 Å². The summed E-state index contributed by atoms with van der Waals surface area (Å²) in [5.41, 5.74) is 16.0. The first-order valence-electron chi connectivity index (χ1n) is 20.7. The Labute approximate surface area is 348 Å². The maximum Gasteiger partial charge on any atom is 0.160 e. The van der Waals surface area contributed by atoms with E-state index in [1.54, 1.807) is 0 Å². The van der Waals surface area contributed by atoms with Crippen molar-refractivity contribution in [1.29, 1.82) is 0 Å². The third kappa shape index (κ3) is 5.36. The van der Waals surface area contributed by atoms with E-state index in [-0.39, 0.29) is 5.41 Å². The van der Waals surface area contributed by atoms with Crippen LogP contribution in [0.15, 0.2) is 200 Å². The van der Waals surface area contributed by atoms with Crippen molar-refractivity contribution in [2.45, 2.75) is 19.3 Å². The van der Waals surface area contributed by atoms with Crippen LogP contribution in [0, 0.1) is 0 Å². The first-order valence-corrected chi connectivity index (χ1v) is 20.7. The number of nitrogens with zero attached hydrogens (tertiary/aromatic N) is 3. The minimum atomic E-state index is -0.147. The van der Waals surface area contributed by atoms with E-state index in [1.807, 2.05) is 6.07 Å². The SMILES string of the molecule is CC1(C)c2cc3ccccc3cc2-c2c(-c3cc(-c4ccc5cc(-c6ccc7c8ccccc8n(-c8ccccc8)c7c6)ccc5c4)nc(-c4ccccc4)n3)cccc21. The van der Waals surface area contributed by atoms with Crippen LogP contribution in [0.1, 0.15) is 25.0 Å². The summed E-state index contributed by atoms with van der Waals surface area (Å²) in [4.78, 5) is 10.6. The number of fused-ring (bicyclic) bond motifs is 8. The molecule has 0 N–H and O–H groups in total. The van der Waals surface area contributed by atoms with Crippen molar-refractivity contribution in [3.8, 4) is 61.8 Å². The normalized spacial score (nSPS) is 13.0. The molecule has 0 saturated heterocycles. The van der Waals surface area contributed by atoms with Gasteiger partial charge in [0.1, 0.15) is 0 Å². The summed E-state index contributed by atoms with van der Waals surface area (Å²) >= 11 is 0. The number of rotatable bonds is 5. The van der Waals surface area contributed by atoms with Crippen molar-refractivity contribution in [2.24, 2.45) is 0 Å². The van der Waals surface area contributed by atoms with E-state index in [0.717, 1.165) is 39.6 Å². The zero-order valence-corrected chi connectivity index (χ0v) is 33.4. The summed E-state index contributed by atoms with van der Waals surface area (Å²) in [6.45, 7) is 4.70. The second kappa shape index (κ2) is 13.2. The van der Waals surface area contributed by atoms with Crippen molar-refractivity contribution in [1.82, 2.24) is 14.5 Å². The topological polar surface area (TPSA) is 30.7 Å². The first-order chi connectivity index (χ1) is 29.5. The molecule has 0 aliphatic heterocycles.